The molecule has 0 aliphatic carbocycles. The Morgan fingerprint density at radius 3 is 1.09 bits per heavy atom. The summed E-state index contributed by atoms with van der Waals surface area (Å²) in [4.78, 5) is 63.3. The first-order chi connectivity index (χ1) is 25.8. The van der Waals surface area contributed by atoms with E-state index < -0.39 is 23.6 Å². The molecule has 2 aliphatic rings. The predicted octanol–water partition coefficient (Wildman–Crippen LogP) is 11.4. The number of hydrogen-bond donors (Lipinski definition) is 2. The molecule has 6 rings (SSSR count). The Morgan fingerprint density at radius 2 is 0.815 bits per heavy atom. The minimum Gasteiger partial charge on any atom is -0.384 e. The molecule has 0 bridgehead atoms. The van der Waals surface area contributed by atoms with Gasteiger partial charge in [-0.1, -0.05) is 118 Å². The number of benzene rings is 4. The quantitative estimate of drug-likeness (QED) is 0.0990. The Morgan fingerprint density at radius 1 is 0.500 bits per heavy atom. The number of nitrogens with zero attached hydrogens (tertiary/aromatic N) is 2. The van der Waals surface area contributed by atoms with Gasteiger partial charge in [0.1, 0.15) is 0 Å². The van der Waals surface area contributed by atoms with E-state index in [-0.39, 0.29) is 23.7 Å². The van der Waals surface area contributed by atoms with Crippen LogP contribution in [0.4, 0.5) is 22.7 Å². The SMILES string of the molecule is CCCCNc1cc2c3c(c(NCCCC)cc4c3c1C(=O)N(c1c(C(C)C)cccc1C(C)C)C4=O)C(=O)N(c1c(C(C)C)cccc1C(C)C)C2=O. The molecule has 0 aromatic heterocycles. The van der Waals surface area contributed by atoms with Crippen LogP contribution in [0, 0.1) is 0 Å². The van der Waals surface area contributed by atoms with Gasteiger partial charge in [-0.05, 0) is 70.9 Å². The molecule has 0 spiro atoms. The topological polar surface area (TPSA) is 98.8 Å². The highest BCUT2D eigenvalue weighted by atomic mass is 16.2. The fourth-order valence-electron chi connectivity index (χ4n) is 8.09. The molecule has 2 heterocycles. The monoisotopic (exact) mass is 728 g/mol. The molecular weight excluding hydrogens is 673 g/mol. The Balaban J connectivity index is 1.72. The number of carbonyl (C=O) groups is 4. The molecule has 8 nitrogen and oxygen atoms in total. The molecular formula is C46H56N4O4. The molecule has 0 fully saturated rings. The molecule has 0 atom stereocenters. The molecule has 2 N–H and O–H groups in total. The summed E-state index contributed by atoms with van der Waals surface area (Å²) in [7, 11) is 0. The third-order valence-corrected chi connectivity index (χ3v) is 10.9. The van der Waals surface area contributed by atoms with Gasteiger partial charge in [0.25, 0.3) is 23.6 Å². The summed E-state index contributed by atoms with van der Waals surface area (Å²) in [5, 5.41) is 7.73. The Kier molecular flexibility index (Phi) is 11.0. The lowest BCUT2D eigenvalue weighted by atomic mass is 9.82. The third kappa shape index (κ3) is 6.37. The van der Waals surface area contributed by atoms with Crippen molar-refractivity contribution in [3.05, 3.63) is 93.0 Å². The number of amides is 4. The first-order valence-corrected chi connectivity index (χ1v) is 19.9. The largest absolute Gasteiger partial charge is 0.384 e. The molecule has 54 heavy (non-hydrogen) atoms. The van der Waals surface area contributed by atoms with Crippen molar-refractivity contribution in [2.24, 2.45) is 0 Å². The lowest BCUT2D eigenvalue weighted by Gasteiger charge is -2.37. The van der Waals surface area contributed by atoms with E-state index in [2.05, 4.69) is 79.9 Å². The zero-order valence-electron chi connectivity index (χ0n) is 33.7. The van der Waals surface area contributed by atoms with E-state index in [1.54, 1.807) is 12.1 Å². The van der Waals surface area contributed by atoms with Crippen LogP contribution in [0.3, 0.4) is 0 Å². The summed E-state index contributed by atoms with van der Waals surface area (Å²) in [5.74, 6) is -1.69. The molecule has 8 heteroatoms. The van der Waals surface area contributed by atoms with Crippen LogP contribution in [0.15, 0.2) is 48.5 Å². The molecule has 2 aliphatic heterocycles. The van der Waals surface area contributed by atoms with Crippen LogP contribution in [0.5, 0.6) is 0 Å². The van der Waals surface area contributed by atoms with E-state index in [0.717, 1.165) is 47.9 Å². The highest BCUT2D eigenvalue weighted by Gasteiger charge is 2.45. The van der Waals surface area contributed by atoms with Crippen LogP contribution < -0.4 is 20.4 Å². The van der Waals surface area contributed by atoms with Crippen molar-refractivity contribution in [2.75, 3.05) is 33.5 Å². The van der Waals surface area contributed by atoms with Crippen molar-refractivity contribution in [1.82, 2.24) is 0 Å². The maximum Gasteiger partial charge on any atom is 0.268 e. The van der Waals surface area contributed by atoms with Gasteiger partial charge in [-0.25, -0.2) is 9.80 Å². The van der Waals surface area contributed by atoms with Crippen molar-refractivity contribution >= 4 is 57.2 Å². The molecule has 0 radical (unpaired) electrons. The smallest absolute Gasteiger partial charge is 0.268 e. The second-order valence-corrected chi connectivity index (χ2v) is 16.1. The highest BCUT2D eigenvalue weighted by Crippen LogP contribution is 2.49. The number of unbranched alkanes of at least 4 members (excludes halogenated alkanes) is 2. The number of hydrogen-bond acceptors (Lipinski definition) is 6. The van der Waals surface area contributed by atoms with Crippen LogP contribution in [0.25, 0.3) is 10.8 Å². The minimum absolute atomic E-state index is 0.0372. The average molecular weight is 729 g/mol. The van der Waals surface area contributed by atoms with Gasteiger partial charge in [0.2, 0.25) is 0 Å². The summed E-state index contributed by atoms with van der Waals surface area (Å²) >= 11 is 0. The molecule has 284 valence electrons. The molecule has 0 saturated heterocycles. The molecule has 4 aromatic carbocycles. The number of nitrogens with one attached hydrogen (secondary N) is 2. The van der Waals surface area contributed by atoms with Crippen molar-refractivity contribution in [1.29, 1.82) is 0 Å². The van der Waals surface area contributed by atoms with Crippen molar-refractivity contribution in [3.8, 4) is 0 Å². The summed E-state index contributed by atoms with van der Waals surface area (Å²) in [6.45, 7) is 21.9. The number of anilines is 4. The summed E-state index contributed by atoms with van der Waals surface area (Å²) in [6.07, 6.45) is 3.53. The van der Waals surface area contributed by atoms with Gasteiger partial charge < -0.3 is 10.6 Å². The van der Waals surface area contributed by atoms with Gasteiger partial charge in [-0.2, -0.15) is 0 Å². The standard InChI is InChI=1S/C46H56N4O4/c1-11-13-21-47-35-23-33-38-37-34(44(52)49(45(53)39(35)37)41-29(25(3)4)17-15-18-30(41)26(5)6)24-36(48-22-14-12-2)40(38)46(54)50(43(33)51)42-31(27(7)8)19-16-20-32(42)28(9)10/h15-20,23-28,47-48H,11-14,21-22H2,1-10H3. The third-order valence-electron chi connectivity index (χ3n) is 10.9. The zero-order valence-corrected chi connectivity index (χ0v) is 33.7. The fourth-order valence-corrected chi connectivity index (χ4v) is 8.09. The van der Waals surface area contributed by atoms with E-state index in [4.69, 9.17) is 0 Å². The maximum absolute atomic E-state index is 15.2. The van der Waals surface area contributed by atoms with E-state index in [0.29, 0.717) is 68.9 Å². The second kappa shape index (κ2) is 15.4. The summed E-state index contributed by atoms with van der Waals surface area (Å²) in [5.41, 5.74) is 7.06. The van der Waals surface area contributed by atoms with Crippen LogP contribution in [-0.4, -0.2) is 36.7 Å². The van der Waals surface area contributed by atoms with Gasteiger partial charge >= 0.3 is 0 Å². The van der Waals surface area contributed by atoms with Crippen molar-refractivity contribution in [2.45, 2.75) is 119 Å². The number of imide groups is 2. The van der Waals surface area contributed by atoms with Crippen LogP contribution in [-0.2, 0) is 0 Å². The van der Waals surface area contributed by atoms with Gasteiger partial charge in [0, 0.05) is 35.2 Å². The Hall–Kier alpha value is -4.98. The van der Waals surface area contributed by atoms with Crippen LogP contribution in [0.1, 0.15) is 182 Å². The van der Waals surface area contributed by atoms with Crippen LogP contribution in [0.2, 0.25) is 0 Å². The van der Waals surface area contributed by atoms with Gasteiger partial charge in [0.15, 0.2) is 0 Å². The normalized spacial score (nSPS) is 14.2. The molecule has 0 unspecified atom stereocenters. The van der Waals surface area contributed by atoms with Crippen molar-refractivity contribution < 1.29 is 19.2 Å². The second-order valence-electron chi connectivity index (χ2n) is 16.1. The van der Waals surface area contributed by atoms with Gasteiger partial charge in [0.05, 0.1) is 33.6 Å². The molecule has 4 aromatic rings. The first kappa shape index (κ1) is 38.7. The predicted molar refractivity (Wildman–Crippen MR) is 222 cm³/mol. The lowest BCUT2D eigenvalue weighted by Crippen LogP contribution is -2.45. The average Bonchev–Trinajstić information content (AvgIpc) is 3.13. The van der Waals surface area contributed by atoms with E-state index in [1.807, 2.05) is 36.4 Å². The lowest BCUT2D eigenvalue weighted by molar-refractivity contribution is 0.0873. The van der Waals surface area contributed by atoms with Gasteiger partial charge in [-0.3, -0.25) is 19.2 Å². The van der Waals surface area contributed by atoms with Gasteiger partial charge in [-0.15, -0.1) is 0 Å². The first-order valence-electron chi connectivity index (χ1n) is 19.9. The number of rotatable bonds is 14. The van der Waals surface area contributed by atoms with Crippen LogP contribution >= 0.6 is 0 Å². The minimum atomic E-state index is -0.459. The molecule has 0 saturated carbocycles. The Labute approximate surface area is 320 Å². The fraction of sp³-hybridized carbons (Fsp3) is 0.435. The Bertz CT molecular complexity index is 1960. The van der Waals surface area contributed by atoms with E-state index in [9.17, 15) is 0 Å². The summed E-state index contributed by atoms with van der Waals surface area (Å²) < 4.78 is 0. The highest BCUT2D eigenvalue weighted by molar-refractivity contribution is 6.44. The number of carbonyl (C=O) groups excluding carboxylic acids is 4. The molecule has 4 amide bonds. The van der Waals surface area contributed by atoms with Crippen molar-refractivity contribution in [3.63, 3.8) is 0 Å². The summed E-state index contributed by atoms with van der Waals surface area (Å²) in [6, 6.07) is 15.5. The maximum atomic E-state index is 15.2. The van der Waals surface area contributed by atoms with E-state index >= 15 is 19.2 Å². The number of para-hydroxylation sites is 2. The van der Waals surface area contributed by atoms with E-state index in [1.165, 1.54) is 9.80 Å². The zero-order chi connectivity index (χ0) is 39.2.